The van der Waals surface area contributed by atoms with Crippen LogP contribution in [-0.2, 0) is 15.8 Å². The summed E-state index contributed by atoms with van der Waals surface area (Å²) in [6, 6.07) is 5.36. The van der Waals surface area contributed by atoms with E-state index in [0.717, 1.165) is 38.2 Å². The second kappa shape index (κ2) is 8.77. The van der Waals surface area contributed by atoms with E-state index in [2.05, 4.69) is 31.8 Å². The number of benzene rings is 1. The van der Waals surface area contributed by atoms with Crippen molar-refractivity contribution in [2.24, 2.45) is 34.5 Å². The van der Waals surface area contributed by atoms with Gasteiger partial charge in [-0.05, 0) is 79.9 Å². The first-order valence-electron chi connectivity index (χ1n) is 13.1. The number of hydrogen-bond acceptors (Lipinski definition) is 2. The maximum Gasteiger partial charge on any atom is 0.418 e. The molecule has 7 heteroatoms. The smallest absolute Gasteiger partial charge is 0.332 e. The zero-order valence-electron chi connectivity index (χ0n) is 21.0. The van der Waals surface area contributed by atoms with E-state index in [1.54, 1.807) is 12.2 Å². The summed E-state index contributed by atoms with van der Waals surface area (Å²) in [5.41, 5.74) is -1.33. The maximum atomic E-state index is 13.5. The van der Waals surface area contributed by atoms with E-state index in [1.807, 2.05) is 4.90 Å². The number of anilines is 1. The lowest BCUT2D eigenvalue weighted by atomic mass is 9.47. The molecule has 1 heterocycles. The van der Waals surface area contributed by atoms with Gasteiger partial charge in [0, 0.05) is 23.9 Å². The molecule has 3 aliphatic carbocycles. The number of amides is 2. The van der Waals surface area contributed by atoms with Crippen molar-refractivity contribution < 1.29 is 22.8 Å². The number of nitrogens with one attached hydrogen (secondary N) is 1. The third-order valence-electron chi connectivity index (χ3n) is 10.1. The van der Waals surface area contributed by atoms with Crippen LogP contribution in [0.5, 0.6) is 0 Å². The summed E-state index contributed by atoms with van der Waals surface area (Å²) >= 11 is 0. The highest BCUT2D eigenvalue weighted by atomic mass is 19.4. The molecule has 3 saturated carbocycles. The molecule has 0 aromatic heterocycles. The summed E-state index contributed by atoms with van der Waals surface area (Å²) in [6.45, 7) is 8.85. The van der Waals surface area contributed by atoms with E-state index in [-0.39, 0.29) is 40.3 Å². The van der Waals surface area contributed by atoms with E-state index in [9.17, 15) is 22.8 Å². The van der Waals surface area contributed by atoms with Crippen LogP contribution >= 0.6 is 0 Å². The second-order valence-corrected chi connectivity index (χ2v) is 11.7. The highest BCUT2D eigenvalue weighted by Crippen LogP contribution is 2.65. The van der Waals surface area contributed by atoms with Gasteiger partial charge in [0.1, 0.15) is 0 Å². The van der Waals surface area contributed by atoms with E-state index >= 15 is 0 Å². The molecule has 7 atom stereocenters. The number of carbonyl (C=O) groups excluding carboxylic acids is 2. The number of rotatable bonds is 4. The molecule has 4 aliphatic rings. The number of halogens is 3. The Morgan fingerprint density at radius 3 is 2.61 bits per heavy atom. The monoisotopic (exact) mass is 500 g/mol. The Morgan fingerprint density at radius 1 is 1.14 bits per heavy atom. The molecule has 0 spiro atoms. The van der Waals surface area contributed by atoms with Crippen LogP contribution < -0.4 is 5.32 Å². The topological polar surface area (TPSA) is 49.4 Å². The molecule has 0 unspecified atom stereocenters. The van der Waals surface area contributed by atoms with Gasteiger partial charge in [0.2, 0.25) is 11.8 Å². The maximum absolute atomic E-state index is 13.5. The molecule has 0 saturated heterocycles. The Hall–Kier alpha value is -2.57. The molecule has 194 valence electrons. The molecule has 1 aliphatic heterocycles. The van der Waals surface area contributed by atoms with Crippen LogP contribution in [-0.4, -0.2) is 29.3 Å². The summed E-state index contributed by atoms with van der Waals surface area (Å²) in [5, 5.41) is 2.64. The Morgan fingerprint density at radius 2 is 1.89 bits per heavy atom. The SMILES string of the molecule is C=CCN1C(=O)C=C[C@]2(C)[C@H]3CC[C@]4(C)[C@@H](C(=O)Nc5ccccc5C(F)(F)F)CC[C@H]4[C@@H]3CC[C@@H]12. The van der Waals surface area contributed by atoms with Gasteiger partial charge in [0.05, 0.1) is 11.3 Å². The summed E-state index contributed by atoms with van der Waals surface area (Å²) in [4.78, 5) is 28.0. The molecule has 1 aromatic rings. The highest BCUT2D eigenvalue weighted by molar-refractivity contribution is 5.94. The lowest BCUT2D eigenvalue weighted by Gasteiger charge is -2.60. The highest BCUT2D eigenvalue weighted by Gasteiger charge is 2.61. The third kappa shape index (κ3) is 3.81. The average Bonchev–Trinajstić information content (AvgIpc) is 3.18. The minimum atomic E-state index is -4.52. The van der Waals surface area contributed by atoms with Crippen molar-refractivity contribution in [1.82, 2.24) is 4.90 Å². The van der Waals surface area contributed by atoms with Gasteiger partial charge in [-0.25, -0.2) is 0 Å². The Bertz CT molecular complexity index is 1100. The van der Waals surface area contributed by atoms with E-state index in [4.69, 9.17) is 0 Å². The fraction of sp³-hybridized carbons (Fsp3) is 0.586. The third-order valence-corrected chi connectivity index (χ3v) is 10.1. The molecule has 1 N–H and O–H groups in total. The zero-order chi connectivity index (χ0) is 25.9. The lowest BCUT2D eigenvalue weighted by Crippen LogP contribution is -2.60. The Kier molecular flexibility index (Phi) is 6.12. The molecular weight excluding hydrogens is 465 g/mol. The predicted octanol–water partition coefficient (Wildman–Crippen LogP) is 6.46. The number of alkyl halides is 3. The van der Waals surface area contributed by atoms with Gasteiger partial charge >= 0.3 is 6.18 Å². The standard InChI is InChI=1S/C29H35F3N2O2/c1-4-17-34-24-12-9-18-19-10-11-22(26(36)33-23-8-6-5-7-21(23)29(30,31)32)27(19,2)15-13-20(18)28(24,3)16-14-25(34)35/h4-8,14,16,18-20,22,24H,1,9-13,15,17H2,2-3H3,(H,33,36)/t18-,19-,20-,22+,24+,27-,28+/m0/s1. The van der Waals surface area contributed by atoms with Gasteiger partial charge in [-0.2, -0.15) is 13.2 Å². The lowest BCUT2D eigenvalue weighted by molar-refractivity contribution is -0.142. The number of carbonyl (C=O) groups is 2. The summed E-state index contributed by atoms with van der Waals surface area (Å²) in [5.74, 6) is 0.647. The molecule has 3 fully saturated rings. The Labute approximate surface area is 211 Å². The fourth-order valence-corrected chi connectivity index (χ4v) is 8.44. The number of para-hydroxylation sites is 1. The zero-order valence-corrected chi connectivity index (χ0v) is 21.0. The van der Waals surface area contributed by atoms with Gasteiger partial charge < -0.3 is 10.2 Å². The quantitative estimate of drug-likeness (QED) is 0.483. The van der Waals surface area contributed by atoms with E-state index < -0.39 is 11.7 Å². The van der Waals surface area contributed by atoms with Crippen LogP contribution in [0.1, 0.15) is 57.9 Å². The first kappa shape index (κ1) is 25.1. The summed E-state index contributed by atoms with van der Waals surface area (Å²) < 4.78 is 40.5. The van der Waals surface area contributed by atoms with Crippen LogP contribution in [0.25, 0.3) is 0 Å². The molecule has 4 nitrogen and oxygen atoms in total. The first-order valence-corrected chi connectivity index (χ1v) is 13.1. The van der Waals surface area contributed by atoms with E-state index in [1.165, 1.54) is 18.2 Å². The largest absolute Gasteiger partial charge is 0.418 e. The van der Waals surface area contributed by atoms with Gasteiger partial charge in [-0.3, -0.25) is 9.59 Å². The number of nitrogens with zero attached hydrogens (tertiary/aromatic N) is 1. The molecule has 36 heavy (non-hydrogen) atoms. The van der Waals surface area contributed by atoms with Crippen LogP contribution in [0.3, 0.4) is 0 Å². The summed E-state index contributed by atoms with van der Waals surface area (Å²) in [6.07, 6.45) is 6.47. The average molecular weight is 501 g/mol. The van der Waals surface area contributed by atoms with Gasteiger partial charge in [-0.15, -0.1) is 6.58 Å². The van der Waals surface area contributed by atoms with Gasteiger partial charge in [0.25, 0.3) is 0 Å². The van der Waals surface area contributed by atoms with Crippen molar-refractivity contribution in [3.8, 4) is 0 Å². The molecule has 5 rings (SSSR count). The van der Waals surface area contributed by atoms with Gasteiger partial charge in [0.15, 0.2) is 0 Å². The van der Waals surface area contributed by atoms with Crippen LogP contribution in [0.4, 0.5) is 18.9 Å². The van der Waals surface area contributed by atoms with Crippen LogP contribution in [0, 0.1) is 34.5 Å². The second-order valence-electron chi connectivity index (χ2n) is 11.7. The normalized spacial score (nSPS) is 37.6. The van der Waals surface area contributed by atoms with Crippen molar-refractivity contribution in [1.29, 1.82) is 0 Å². The van der Waals surface area contributed by atoms with Crippen LogP contribution in [0.15, 0.2) is 49.1 Å². The summed E-state index contributed by atoms with van der Waals surface area (Å²) in [7, 11) is 0. The fourth-order valence-electron chi connectivity index (χ4n) is 8.44. The Balaban J connectivity index is 1.37. The van der Waals surface area contributed by atoms with Crippen molar-refractivity contribution in [3.05, 3.63) is 54.6 Å². The van der Waals surface area contributed by atoms with Crippen LogP contribution in [0.2, 0.25) is 0 Å². The first-order chi connectivity index (χ1) is 17.0. The van der Waals surface area contributed by atoms with Crippen molar-refractivity contribution in [2.75, 3.05) is 11.9 Å². The van der Waals surface area contributed by atoms with Crippen molar-refractivity contribution in [3.63, 3.8) is 0 Å². The molecule has 2 amide bonds. The van der Waals surface area contributed by atoms with Crippen molar-refractivity contribution in [2.45, 2.75) is 64.6 Å². The minimum absolute atomic E-state index is 0.0493. The predicted molar refractivity (Wildman–Crippen MR) is 133 cm³/mol. The van der Waals surface area contributed by atoms with E-state index in [0.29, 0.717) is 30.7 Å². The molecule has 1 aromatic carbocycles. The minimum Gasteiger partial charge on any atom is -0.332 e. The van der Waals surface area contributed by atoms with Crippen molar-refractivity contribution >= 4 is 17.5 Å². The molecule has 0 bridgehead atoms. The van der Waals surface area contributed by atoms with Gasteiger partial charge in [-0.1, -0.05) is 38.1 Å². The molecule has 0 radical (unpaired) electrons. The molecular formula is C29H35F3N2O2. The number of hydrogen-bond donors (Lipinski definition) is 1. The number of fused-ring (bicyclic) bond motifs is 5.